The van der Waals surface area contributed by atoms with E-state index in [1.54, 1.807) is 11.1 Å². The molecule has 1 saturated heterocycles. The van der Waals surface area contributed by atoms with Crippen molar-refractivity contribution in [3.63, 3.8) is 0 Å². The van der Waals surface area contributed by atoms with Crippen LogP contribution in [0, 0.1) is 0 Å². The van der Waals surface area contributed by atoms with E-state index in [0.29, 0.717) is 6.61 Å². The third-order valence-corrected chi connectivity index (χ3v) is 5.05. The predicted octanol–water partition coefficient (Wildman–Crippen LogP) is 3.33. The van der Waals surface area contributed by atoms with Crippen molar-refractivity contribution >= 4 is 28.3 Å². The third-order valence-electron chi connectivity index (χ3n) is 4.82. The van der Waals surface area contributed by atoms with Gasteiger partial charge in [-0.05, 0) is 36.8 Å². The van der Waals surface area contributed by atoms with Crippen molar-refractivity contribution < 1.29 is 4.84 Å². The number of rotatable bonds is 6. The topological polar surface area (TPSA) is 33.5 Å². The van der Waals surface area contributed by atoms with Crippen LogP contribution in [0.1, 0.15) is 6.42 Å². The fraction of sp³-hybridized carbons (Fsp3) is 0.350. The first-order chi connectivity index (χ1) is 12.8. The molecule has 0 amide bonds. The summed E-state index contributed by atoms with van der Waals surface area (Å²) in [5.41, 5.74) is 3.19. The van der Waals surface area contributed by atoms with Gasteiger partial charge in [0.1, 0.15) is 18.5 Å². The van der Waals surface area contributed by atoms with Crippen LogP contribution in [0.4, 0.5) is 5.69 Å². The lowest BCUT2D eigenvalue weighted by atomic mass is 10.2. The second-order valence-electron chi connectivity index (χ2n) is 6.55. The van der Waals surface area contributed by atoms with Gasteiger partial charge in [-0.15, -0.1) is 0 Å². The number of fused-ring (bicyclic) bond motifs is 1. The number of aromatic nitrogens is 2. The lowest BCUT2D eigenvalue weighted by Gasteiger charge is -2.36. The molecule has 1 aliphatic heterocycles. The molecule has 0 aliphatic carbocycles. The molecule has 1 fully saturated rings. The Morgan fingerprint density at radius 1 is 1.00 bits per heavy atom. The molecule has 0 spiro atoms. The van der Waals surface area contributed by atoms with Crippen molar-refractivity contribution in [1.29, 1.82) is 0 Å². The van der Waals surface area contributed by atoms with Crippen molar-refractivity contribution in [2.45, 2.75) is 6.42 Å². The highest BCUT2D eigenvalue weighted by Gasteiger charge is 2.17. The van der Waals surface area contributed by atoms with Gasteiger partial charge in [-0.2, -0.15) is 4.73 Å². The Morgan fingerprint density at radius 3 is 2.69 bits per heavy atom. The number of imidazole rings is 1. The second-order valence-corrected chi connectivity index (χ2v) is 6.99. The molecule has 136 valence electrons. The van der Waals surface area contributed by atoms with Crippen LogP contribution >= 0.6 is 11.6 Å². The maximum Gasteiger partial charge on any atom is 0.133 e. The molecule has 26 heavy (non-hydrogen) atoms. The quantitative estimate of drug-likeness (QED) is 0.623. The minimum absolute atomic E-state index is 0.689. The lowest BCUT2D eigenvalue weighted by Crippen LogP contribution is -2.46. The van der Waals surface area contributed by atoms with E-state index in [1.165, 1.54) is 5.69 Å². The number of nitrogens with zero attached hydrogens (tertiary/aromatic N) is 4. The van der Waals surface area contributed by atoms with Gasteiger partial charge in [0, 0.05) is 43.4 Å². The molecule has 6 heteroatoms. The Balaban J connectivity index is 1.20. The zero-order chi connectivity index (χ0) is 17.8. The normalized spacial score (nSPS) is 15.5. The van der Waals surface area contributed by atoms with Gasteiger partial charge in [0.25, 0.3) is 0 Å². The number of hydrogen-bond acceptors (Lipinski definition) is 4. The molecule has 0 N–H and O–H groups in total. The molecule has 2 aromatic carbocycles. The van der Waals surface area contributed by atoms with Crippen LogP contribution in [0.2, 0.25) is 5.02 Å². The number of benzene rings is 2. The minimum atomic E-state index is 0.689. The van der Waals surface area contributed by atoms with Gasteiger partial charge in [-0.3, -0.25) is 4.90 Å². The van der Waals surface area contributed by atoms with Crippen LogP contribution < -0.4 is 9.74 Å². The van der Waals surface area contributed by atoms with Crippen molar-refractivity contribution in [3.8, 4) is 0 Å². The van der Waals surface area contributed by atoms with E-state index in [1.807, 2.05) is 42.5 Å². The molecule has 0 radical (unpaired) electrons. The summed E-state index contributed by atoms with van der Waals surface area (Å²) in [6.45, 7) is 5.95. The van der Waals surface area contributed by atoms with Gasteiger partial charge in [-0.25, -0.2) is 4.98 Å². The fourth-order valence-corrected chi connectivity index (χ4v) is 3.58. The second kappa shape index (κ2) is 7.98. The Hall–Kier alpha value is -2.24. The first kappa shape index (κ1) is 17.2. The molecule has 1 aliphatic rings. The average molecular weight is 371 g/mol. The highest BCUT2D eigenvalue weighted by Crippen LogP contribution is 2.20. The van der Waals surface area contributed by atoms with E-state index >= 15 is 0 Å². The van der Waals surface area contributed by atoms with E-state index < -0.39 is 0 Å². The Kier molecular flexibility index (Phi) is 5.27. The van der Waals surface area contributed by atoms with Crippen molar-refractivity contribution in [1.82, 2.24) is 14.6 Å². The number of piperazine rings is 1. The first-order valence-corrected chi connectivity index (χ1v) is 9.46. The summed E-state index contributed by atoms with van der Waals surface area (Å²) in [4.78, 5) is 15.1. The number of hydrogen-bond donors (Lipinski definition) is 0. The number of para-hydroxylation sites is 2. The van der Waals surface area contributed by atoms with Gasteiger partial charge >= 0.3 is 0 Å². The average Bonchev–Trinajstić information content (AvgIpc) is 3.09. The van der Waals surface area contributed by atoms with Crippen LogP contribution in [0.15, 0.2) is 54.9 Å². The highest BCUT2D eigenvalue weighted by atomic mass is 35.5. The van der Waals surface area contributed by atoms with Crippen LogP contribution in [-0.2, 0) is 0 Å². The molecular formula is C20H23ClN4O. The summed E-state index contributed by atoms with van der Waals surface area (Å²) in [5.74, 6) is 0. The molecule has 4 rings (SSSR count). The first-order valence-electron chi connectivity index (χ1n) is 9.08. The van der Waals surface area contributed by atoms with E-state index in [2.05, 4.69) is 20.9 Å². The smallest absolute Gasteiger partial charge is 0.133 e. The zero-order valence-electron chi connectivity index (χ0n) is 14.7. The highest BCUT2D eigenvalue weighted by molar-refractivity contribution is 6.30. The van der Waals surface area contributed by atoms with Crippen LogP contribution in [0.25, 0.3) is 11.0 Å². The molecule has 0 atom stereocenters. The maximum absolute atomic E-state index is 6.10. The number of halogens is 1. The van der Waals surface area contributed by atoms with E-state index in [-0.39, 0.29) is 0 Å². The maximum atomic E-state index is 6.10. The molecule has 5 nitrogen and oxygen atoms in total. The summed E-state index contributed by atoms with van der Waals surface area (Å²) in [6.07, 6.45) is 2.75. The van der Waals surface area contributed by atoms with E-state index in [4.69, 9.17) is 16.4 Å². The van der Waals surface area contributed by atoms with E-state index in [0.717, 1.165) is 55.2 Å². The lowest BCUT2D eigenvalue weighted by molar-refractivity contribution is 0.106. The molecule has 1 aromatic heterocycles. The summed E-state index contributed by atoms with van der Waals surface area (Å²) in [6, 6.07) is 16.1. The van der Waals surface area contributed by atoms with Gasteiger partial charge < -0.3 is 9.74 Å². The zero-order valence-corrected chi connectivity index (χ0v) is 15.5. The standard InChI is InChI=1S/C20H23ClN4O/c21-17-5-3-6-18(15-17)24-12-10-23(11-13-24)9-4-14-26-25-16-22-19-7-1-2-8-20(19)25/h1-3,5-8,15-16H,4,9-14H2. The third kappa shape index (κ3) is 3.94. The molecule has 0 unspecified atom stereocenters. The van der Waals surface area contributed by atoms with Crippen molar-refractivity contribution in [3.05, 3.63) is 59.9 Å². The minimum Gasteiger partial charge on any atom is -0.412 e. The summed E-state index contributed by atoms with van der Waals surface area (Å²) >= 11 is 6.10. The largest absolute Gasteiger partial charge is 0.412 e. The SMILES string of the molecule is Clc1cccc(N2CCN(CCCOn3cnc4ccccc43)CC2)c1. The summed E-state index contributed by atoms with van der Waals surface area (Å²) < 4.78 is 1.77. The number of anilines is 1. The predicted molar refractivity (Wildman–Crippen MR) is 106 cm³/mol. The van der Waals surface area contributed by atoms with Gasteiger partial charge in [-0.1, -0.05) is 29.8 Å². The van der Waals surface area contributed by atoms with Crippen LogP contribution in [0.3, 0.4) is 0 Å². The van der Waals surface area contributed by atoms with Crippen molar-refractivity contribution in [2.24, 2.45) is 0 Å². The molecule has 2 heterocycles. The summed E-state index contributed by atoms with van der Waals surface area (Å²) in [5, 5.41) is 0.800. The van der Waals surface area contributed by atoms with Crippen LogP contribution in [-0.4, -0.2) is 53.9 Å². The molecule has 3 aromatic rings. The Labute approximate surface area is 158 Å². The van der Waals surface area contributed by atoms with Gasteiger partial charge in [0.15, 0.2) is 0 Å². The van der Waals surface area contributed by atoms with Gasteiger partial charge in [0.05, 0.1) is 5.52 Å². The van der Waals surface area contributed by atoms with Crippen LogP contribution in [0.5, 0.6) is 0 Å². The van der Waals surface area contributed by atoms with Crippen molar-refractivity contribution in [2.75, 3.05) is 44.2 Å². The Morgan fingerprint density at radius 2 is 1.85 bits per heavy atom. The molecule has 0 bridgehead atoms. The monoisotopic (exact) mass is 370 g/mol. The Bertz CT molecular complexity index is 858. The fourth-order valence-electron chi connectivity index (χ4n) is 3.39. The molecular weight excluding hydrogens is 348 g/mol. The summed E-state index contributed by atoms with van der Waals surface area (Å²) in [7, 11) is 0. The van der Waals surface area contributed by atoms with E-state index in [9.17, 15) is 0 Å². The van der Waals surface area contributed by atoms with Gasteiger partial charge in [0.2, 0.25) is 0 Å². The molecule has 0 saturated carbocycles.